The second-order valence-corrected chi connectivity index (χ2v) is 5.33. The number of benzene rings is 1. The van der Waals surface area contributed by atoms with Crippen LogP contribution in [-0.4, -0.2) is 37.4 Å². The number of pyridine rings is 1. The van der Waals surface area contributed by atoms with E-state index < -0.39 is 7.12 Å². The Hall–Kier alpha value is -2.60. The number of rotatable bonds is 6. The van der Waals surface area contributed by atoms with Gasteiger partial charge in [0.1, 0.15) is 17.7 Å². The number of methoxy groups -OCH3 is 1. The van der Waals surface area contributed by atoms with E-state index in [0.29, 0.717) is 37.0 Å². The highest BCUT2D eigenvalue weighted by Gasteiger charge is 2.27. The van der Waals surface area contributed by atoms with Crippen LogP contribution in [0.2, 0.25) is 0 Å². The van der Waals surface area contributed by atoms with E-state index >= 15 is 0 Å². The van der Waals surface area contributed by atoms with E-state index in [0.717, 1.165) is 16.7 Å². The fourth-order valence-corrected chi connectivity index (χ4v) is 2.48. The molecule has 1 aromatic heterocycles. The van der Waals surface area contributed by atoms with Gasteiger partial charge in [-0.3, -0.25) is 0 Å². The van der Waals surface area contributed by atoms with Crippen LogP contribution >= 0.6 is 0 Å². The third kappa shape index (κ3) is 3.49. The Balaban J connectivity index is 1.78. The van der Waals surface area contributed by atoms with E-state index in [9.17, 15) is 5.02 Å². The molecule has 0 fully saturated rings. The van der Waals surface area contributed by atoms with Crippen molar-refractivity contribution in [2.45, 2.75) is 6.61 Å². The molecule has 24 heavy (non-hydrogen) atoms. The van der Waals surface area contributed by atoms with E-state index in [-0.39, 0.29) is 0 Å². The molecule has 7 nitrogen and oxygen atoms in total. The zero-order chi connectivity index (χ0) is 16.9. The number of anilines is 3. The van der Waals surface area contributed by atoms with Crippen LogP contribution in [0.3, 0.4) is 0 Å². The topological polar surface area (TPSA) is 99.4 Å². The van der Waals surface area contributed by atoms with Gasteiger partial charge in [-0.1, -0.05) is 6.07 Å². The molecule has 0 unspecified atom stereocenters. The van der Waals surface area contributed by atoms with Crippen LogP contribution in [0.25, 0.3) is 0 Å². The van der Waals surface area contributed by atoms with Crippen molar-refractivity contribution >= 4 is 29.9 Å². The van der Waals surface area contributed by atoms with Crippen LogP contribution in [-0.2, 0) is 16.0 Å². The van der Waals surface area contributed by atoms with E-state index in [4.69, 9.17) is 14.7 Å². The molecule has 0 aliphatic carbocycles. The van der Waals surface area contributed by atoms with Crippen molar-refractivity contribution in [2.75, 3.05) is 30.9 Å². The maximum atomic E-state index is 9.65. The SMILES string of the molecule is COCCNc1nc(Nc2ccc3c(c2)COB3O)ccc1C#N. The maximum absolute atomic E-state index is 9.65. The molecule has 1 aliphatic heterocycles. The first-order valence-electron chi connectivity index (χ1n) is 7.54. The van der Waals surface area contributed by atoms with Gasteiger partial charge in [0.05, 0.1) is 18.8 Å². The summed E-state index contributed by atoms with van der Waals surface area (Å²) in [7, 11) is 0.769. The Labute approximate surface area is 140 Å². The number of fused-ring (bicyclic) bond motifs is 1. The van der Waals surface area contributed by atoms with E-state index in [1.807, 2.05) is 18.2 Å². The Morgan fingerprint density at radius 1 is 1.42 bits per heavy atom. The summed E-state index contributed by atoms with van der Waals surface area (Å²) in [4.78, 5) is 4.44. The van der Waals surface area contributed by atoms with Crippen molar-refractivity contribution in [3.8, 4) is 6.07 Å². The normalized spacial score (nSPS) is 12.6. The molecule has 0 radical (unpaired) electrons. The Morgan fingerprint density at radius 3 is 3.08 bits per heavy atom. The van der Waals surface area contributed by atoms with Crippen molar-refractivity contribution < 1.29 is 14.4 Å². The third-order valence-electron chi connectivity index (χ3n) is 3.69. The number of aromatic nitrogens is 1. The lowest BCUT2D eigenvalue weighted by Gasteiger charge is -2.11. The molecule has 0 spiro atoms. The minimum atomic E-state index is -0.848. The second-order valence-electron chi connectivity index (χ2n) is 5.33. The van der Waals surface area contributed by atoms with E-state index in [1.54, 1.807) is 19.2 Å². The summed E-state index contributed by atoms with van der Waals surface area (Å²) in [6.45, 7) is 1.48. The predicted molar refractivity (Wildman–Crippen MR) is 91.4 cm³/mol. The van der Waals surface area contributed by atoms with Gasteiger partial charge < -0.3 is 25.0 Å². The quantitative estimate of drug-likeness (QED) is 0.538. The summed E-state index contributed by atoms with van der Waals surface area (Å²) < 4.78 is 10.2. The summed E-state index contributed by atoms with van der Waals surface area (Å²) >= 11 is 0. The first kappa shape index (κ1) is 16.3. The molecule has 1 aromatic carbocycles. The van der Waals surface area contributed by atoms with Gasteiger partial charge in [0.2, 0.25) is 0 Å². The molecule has 0 atom stereocenters. The molecule has 0 amide bonds. The number of nitriles is 1. The predicted octanol–water partition coefficient (Wildman–Crippen LogP) is 0.973. The van der Waals surface area contributed by atoms with Crippen molar-refractivity contribution in [2.24, 2.45) is 0 Å². The molecule has 0 saturated carbocycles. The lowest BCUT2D eigenvalue weighted by atomic mass is 9.79. The summed E-state index contributed by atoms with van der Waals surface area (Å²) in [6.07, 6.45) is 0. The highest BCUT2D eigenvalue weighted by molar-refractivity contribution is 6.61. The summed E-state index contributed by atoms with van der Waals surface area (Å²) in [6, 6.07) is 11.2. The van der Waals surface area contributed by atoms with E-state index in [2.05, 4.69) is 21.7 Å². The second kappa shape index (κ2) is 7.32. The van der Waals surface area contributed by atoms with Crippen LogP contribution in [0.5, 0.6) is 0 Å². The zero-order valence-corrected chi connectivity index (χ0v) is 13.2. The lowest BCUT2D eigenvalue weighted by molar-refractivity contribution is 0.210. The highest BCUT2D eigenvalue weighted by atomic mass is 16.5. The molecule has 3 N–H and O–H groups in total. The smallest absolute Gasteiger partial charge is 0.423 e. The number of nitrogens with one attached hydrogen (secondary N) is 2. The number of nitrogens with zero attached hydrogens (tertiary/aromatic N) is 2. The monoisotopic (exact) mass is 324 g/mol. The van der Waals surface area contributed by atoms with Gasteiger partial charge in [0.25, 0.3) is 0 Å². The van der Waals surface area contributed by atoms with E-state index in [1.165, 1.54) is 0 Å². The van der Waals surface area contributed by atoms with Crippen LogP contribution in [0.15, 0.2) is 30.3 Å². The standard InChI is InChI=1S/C16H17BN4O3/c1-23-7-6-19-16-11(9-18)2-5-15(21-16)20-13-3-4-14-12(8-13)10-24-17(14)22/h2-5,8,22H,6-7,10H2,1H3,(H2,19,20,21). The zero-order valence-electron chi connectivity index (χ0n) is 13.2. The molecule has 3 rings (SSSR count). The minimum absolute atomic E-state index is 0.386. The average molecular weight is 324 g/mol. The first-order chi connectivity index (χ1) is 11.7. The molecule has 0 saturated heterocycles. The van der Waals surface area contributed by atoms with Crippen LogP contribution in [0.1, 0.15) is 11.1 Å². The molecule has 8 heteroatoms. The molecular formula is C16H17BN4O3. The number of ether oxygens (including phenoxy) is 1. The van der Waals surface area contributed by atoms with Gasteiger partial charge >= 0.3 is 7.12 Å². The van der Waals surface area contributed by atoms with Gasteiger partial charge in [0.15, 0.2) is 0 Å². The van der Waals surface area contributed by atoms with Gasteiger partial charge in [0, 0.05) is 19.3 Å². The van der Waals surface area contributed by atoms with Crippen molar-refractivity contribution in [3.05, 3.63) is 41.5 Å². The largest absolute Gasteiger partial charge is 0.491 e. The van der Waals surface area contributed by atoms with Crippen molar-refractivity contribution in [1.82, 2.24) is 4.98 Å². The first-order valence-corrected chi connectivity index (χ1v) is 7.54. The van der Waals surface area contributed by atoms with Gasteiger partial charge in [-0.15, -0.1) is 0 Å². The summed E-state index contributed by atoms with van der Waals surface area (Å²) in [5.41, 5.74) is 3.04. The minimum Gasteiger partial charge on any atom is -0.423 e. The van der Waals surface area contributed by atoms with Crippen molar-refractivity contribution in [1.29, 1.82) is 5.26 Å². The Morgan fingerprint density at radius 2 is 2.29 bits per heavy atom. The fourth-order valence-electron chi connectivity index (χ4n) is 2.48. The molecule has 2 heterocycles. The molecule has 122 valence electrons. The summed E-state index contributed by atoms with van der Waals surface area (Å²) in [5, 5.41) is 25.1. The van der Waals surface area contributed by atoms with Crippen molar-refractivity contribution in [3.63, 3.8) is 0 Å². The van der Waals surface area contributed by atoms with Gasteiger partial charge in [-0.2, -0.15) is 5.26 Å². The molecule has 2 aromatic rings. The molecule has 1 aliphatic rings. The maximum Gasteiger partial charge on any atom is 0.491 e. The van der Waals surface area contributed by atoms with Gasteiger partial charge in [-0.05, 0) is 35.3 Å². The third-order valence-corrected chi connectivity index (χ3v) is 3.69. The van der Waals surface area contributed by atoms with Crippen LogP contribution in [0, 0.1) is 11.3 Å². The van der Waals surface area contributed by atoms with Crippen LogP contribution < -0.4 is 16.1 Å². The molecular weight excluding hydrogens is 307 g/mol. The summed E-state index contributed by atoms with van der Waals surface area (Å²) in [5.74, 6) is 1.13. The highest BCUT2D eigenvalue weighted by Crippen LogP contribution is 2.21. The average Bonchev–Trinajstić information content (AvgIpc) is 2.96. The fraction of sp³-hybridized carbons (Fsp3) is 0.250. The molecule has 0 bridgehead atoms. The number of hydrogen-bond donors (Lipinski definition) is 3. The Bertz CT molecular complexity index is 778. The lowest BCUT2D eigenvalue weighted by Crippen LogP contribution is -2.27. The number of hydrogen-bond acceptors (Lipinski definition) is 7. The van der Waals surface area contributed by atoms with Gasteiger partial charge in [-0.25, -0.2) is 4.98 Å². The van der Waals surface area contributed by atoms with Crippen LogP contribution in [0.4, 0.5) is 17.3 Å². The Kier molecular flexibility index (Phi) is 4.96.